The first kappa shape index (κ1) is 16.4. The summed E-state index contributed by atoms with van der Waals surface area (Å²) in [6.45, 7) is 6.25. The fourth-order valence-electron chi connectivity index (χ4n) is 3.22. The van der Waals surface area contributed by atoms with Crippen LogP contribution in [0.5, 0.6) is 0 Å². The first-order valence-corrected chi connectivity index (χ1v) is 7.83. The minimum absolute atomic E-state index is 0.0372. The Hall–Kier alpha value is -1.95. The van der Waals surface area contributed by atoms with Crippen LogP contribution in [0.2, 0.25) is 0 Å². The van der Waals surface area contributed by atoms with E-state index in [9.17, 15) is 0 Å². The second-order valence-electron chi connectivity index (χ2n) is 6.17. The van der Waals surface area contributed by atoms with Crippen LogP contribution in [0.25, 0.3) is 0 Å². The maximum Gasteiger partial charge on any atom is 0.0761 e. The minimum Gasteiger partial charge on any atom is -0.403 e. The lowest BCUT2D eigenvalue weighted by molar-refractivity contribution is 0.232. The molecule has 0 saturated carbocycles. The summed E-state index contributed by atoms with van der Waals surface area (Å²) in [6, 6.07) is 2.31. The van der Waals surface area contributed by atoms with Gasteiger partial charge in [0, 0.05) is 56.7 Å². The van der Waals surface area contributed by atoms with Crippen molar-refractivity contribution in [3.63, 3.8) is 0 Å². The van der Waals surface area contributed by atoms with Gasteiger partial charge in [-0.1, -0.05) is 13.8 Å². The van der Waals surface area contributed by atoms with Gasteiger partial charge in [-0.05, 0) is 12.0 Å². The molecule has 122 valence electrons. The highest BCUT2D eigenvalue weighted by atomic mass is 15.2. The van der Waals surface area contributed by atoms with E-state index in [1.165, 1.54) is 6.20 Å². The highest BCUT2D eigenvalue weighted by Crippen LogP contribution is 2.31. The quantitative estimate of drug-likeness (QED) is 0.647. The third-order valence-corrected chi connectivity index (χ3v) is 4.43. The summed E-state index contributed by atoms with van der Waals surface area (Å²) >= 11 is 0. The standard InChI is InChI=1S/C16H28N6/c1-11(2)12-9-22(10-13(18)16(12)21-7-5-17)15-4-6-20-8-14(15)19-3/h4-8,11-13,16,19,21H,9-10,17-18H2,1-3H3/b7-5-/t12-,13?,16?/m1/s1. The van der Waals surface area contributed by atoms with Crippen molar-refractivity contribution in [1.82, 2.24) is 10.3 Å². The van der Waals surface area contributed by atoms with Crippen molar-refractivity contribution < 1.29 is 0 Å². The number of nitrogens with two attached hydrogens (primary N) is 2. The summed E-state index contributed by atoms with van der Waals surface area (Å²) in [6.07, 6.45) is 7.00. The van der Waals surface area contributed by atoms with E-state index in [2.05, 4.69) is 34.4 Å². The number of aromatic nitrogens is 1. The number of hydrogen-bond donors (Lipinski definition) is 4. The zero-order chi connectivity index (χ0) is 16.1. The van der Waals surface area contributed by atoms with Crippen LogP contribution in [0, 0.1) is 11.8 Å². The fraction of sp³-hybridized carbons (Fsp3) is 0.562. The van der Waals surface area contributed by atoms with Gasteiger partial charge in [0.05, 0.1) is 17.6 Å². The molecule has 0 spiro atoms. The smallest absolute Gasteiger partial charge is 0.0761 e. The van der Waals surface area contributed by atoms with E-state index in [1.807, 2.05) is 25.5 Å². The van der Waals surface area contributed by atoms with Gasteiger partial charge in [0.1, 0.15) is 0 Å². The van der Waals surface area contributed by atoms with Crippen LogP contribution in [0.3, 0.4) is 0 Å². The predicted molar refractivity (Wildman–Crippen MR) is 92.6 cm³/mol. The molecule has 6 nitrogen and oxygen atoms in total. The molecule has 6 heteroatoms. The predicted octanol–water partition coefficient (Wildman–Crippen LogP) is 0.931. The number of anilines is 2. The zero-order valence-corrected chi connectivity index (χ0v) is 13.7. The van der Waals surface area contributed by atoms with Gasteiger partial charge in [-0.25, -0.2) is 0 Å². The Morgan fingerprint density at radius 2 is 2.18 bits per heavy atom. The van der Waals surface area contributed by atoms with Gasteiger partial charge >= 0.3 is 0 Å². The second kappa shape index (κ2) is 7.35. The number of piperidine rings is 1. The summed E-state index contributed by atoms with van der Waals surface area (Å²) in [7, 11) is 1.92. The van der Waals surface area contributed by atoms with Gasteiger partial charge in [-0.15, -0.1) is 0 Å². The monoisotopic (exact) mass is 304 g/mol. The normalized spacial score (nSPS) is 25.7. The molecule has 1 saturated heterocycles. The lowest BCUT2D eigenvalue weighted by atomic mass is 9.81. The minimum atomic E-state index is 0.0372. The highest BCUT2D eigenvalue weighted by Gasteiger charge is 2.36. The van der Waals surface area contributed by atoms with E-state index < -0.39 is 0 Å². The van der Waals surface area contributed by atoms with Crippen molar-refractivity contribution in [1.29, 1.82) is 0 Å². The van der Waals surface area contributed by atoms with Gasteiger partial charge < -0.3 is 27.0 Å². The van der Waals surface area contributed by atoms with E-state index in [-0.39, 0.29) is 12.1 Å². The van der Waals surface area contributed by atoms with Crippen molar-refractivity contribution in [3.8, 4) is 0 Å². The first-order valence-electron chi connectivity index (χ1n) is 7.83. The number of nitrogens with one attached hydrogen (secondary N) is 2. The number of nitrogens with zero attached hydrogens (tertiary/aromatic N) is 2. The summed E-state index contributed by atoms with van der Waals surface area (Å²) in [5, 5.41) is 6.58. The van der Waals surface area contributed by atoms with Crippen molar-refractivity contribution in [2.75, 3.05) is 30.4 Å². The Bertz CT molecular complexity index is 501. The molecule has 0 radical (unpaired) electrons. The molecule has 6 N–H and O–H groups in total. The van der Waals surface area contributed by atoms with Gasteiger partial charge in [-0.2, -0.15) is 0 Å². The molecule has 0 amide bonds. The van der Waals surface area contributed by atoms with E-state index >= 15 is 0 Å². The van der Waals surface area contributed by atoms with Gasteiger partial charge in [0.15, 0.2) is 0 Å². The molecule has 0 bridgehead atoms. The first-order chi connectivity index (χ1) is 10.6. The number of hydrogen-bond acceptors (Lipinski definition) is 6. The van der Waals surface area contributed by atoms with E-state index in [1.54, 1.807) is 6.20 Å². The van der Waals surface area contributed by atoms with Crippen LogP contribution in [0.4, 0.5) is 11.4 Å². The van der Waals surface area contributed by atoms with Gasteiger partial charge in [-0.3, -0.25) is 4.98 Å². The molecule has 1 aromatic heterocycles. The Labute approximate surface area is 133 Å². The van der Waals surface area contributed by atoms with E-state index in [0.29, 0.717) is 11.8 Å². The molecule has 1 aliphatic rings. The van der Waals surface area contributed by atoms with Crippen LogP contribution in [0.15, 0.2) is 30.9 Å². The lowest BCUT2D eigenvalue weighted by Gasteiger charge is -2.45. The molecule has 0 aromatic carbocycles. The molecule has 22 heavy (non-hydrogen) atoms. The maximum atomic E-state index is 6.45. The van der Waals surface area contributed by atoms with Crippen LogP contribution >= 0.6 is 0 Å². The molecule has 1 aliphatic heterocycles. The molecule has 2 rings (SSSR count). The van der Waals surface area contributed by atoms with Crippen molar-refractivity contribution in [2.45, 2.75) is 25.9 Å². The molecule has 0 aliphatic carbocycles. The lowest BCUT2D eigenvalue weighted by Crippen LogP contribution is -2.62. The van der Waals surface area contributed by atoms with Crippen LogP contribution in [-0.2, 0) is 0 Å². The van der Waals surface area contributed by atoms with Crippen molar-refractivity contribution in [3.05, 3.63) is 30.9 Å². The molecule has 1 aromatic rings. The molecular formula is C16H28N6. The molecule has 2 unspecified atom stereocenters. The molecular weight excluding hydrogens is 276 g/mol. The van der Waals surface area contributed by atoms with Crippen LogP contribution in [-0.4, -0.2) is 37.2 Å². The van der Waals surface area contributed by atoms with Crippen LogP contribution < -0.4 is 27.0 Å². The molecule has 1 fully saturated rings. The summed E-state index contributed by atoms with van der Waals surface area (Å²) in [4.78, 5) is 6.54. The fourth-order valence-corrected chi connectivity index (χ4v) is 3.22. The van der Waals surface area contributed by atoms with Gasteiger partial charge in [0.25, 0.3) is 0 Å². The molecule has 2 heterocycles. The third kappa shape index (κ3) is 3.44. The number of pyridine rings is 1. The van der Waals surface area contributed by atoms with Gasteiger partial charge in [0.2, 0.25) is 0 Å². The largest absolute Gasteiger partial charge is 0.403 e. The van der Waals surface area contributed by atoms with E-state index in [4.69, 9.17) is 11.5 Å². The van der Waals surface area contributed by atoms with Crippen molar-refractivity contribution in [2.24, 2.45) is 23.3 Å². The SMILES string of the molecule is CNc1cnccc1N1CC(N)C(N/C=C\N)[C@@H](C(C)C)C1. The molecule has 3 atom stereocenters. The van der Waals surface area contributed by atoms with E-state index in [0.717, 1.165) is 24.5 Å². The Balaban J connectivity index is 2.23. The average molecular weight is 304 g/mol. The maximum absolute atomic E-state index is 6.45. The Morgan fingerprint density at radius 3 is 2.82 bits per heavy atom. The third-order valence-electron chi connectivity index (χ3n) is 4.43. The topological polar surface area (TPSA) is 92.2 Å². The average Bonchev–Trinajstić information content (AvgIpc) is 2.52. The van der Waals surface area contributed by atoms with Crippen molar-refractivity contribution >= 4 is 11.4 Å². The summed E-state index contributed by atoms with van der Waals surface area (Å²) in [5.41, 5.74) is 14.1. The second-order valence-corrected chi connectivity index (χ2v) is 6.17. The Kier molecular flexibility index (Phi) is 5.49. The summed E-state index contributed by atoms with van der Waals surface area (Å²) in [5.74, 6) is 0.968. The summed E-state index contributed by atoms with van der Waals surface area (Å²) < 4.78 is 0. The van der Waals surface area contributed by atoms with Crippen LogP contribution in [0.1, 0.15) is 13.8 Å². The highest BCUT2D eigenvalue weighted by molar-refractivity contribution is 5.68. The zero-order valence-electron chi connectivity index (χ0n) is 13.7. The Morgan fingerprint density at radius 1 is 1.41 bits per heavy atom. The number of rotatable bonds is 5.